The van der Waals surface area contributed by atoms with Gasteiger partial charge >= 0.3 is 0 Å². The van der Waals surface area contributed by atoms with Gasteiger partial charge in [-0.1, -0.05) is 12.1 Å². The zero-order chi connectivity index (χ0) is 9.68. The maximum atomic E-state index is 8.97. The predicted molar refractivity (Wildman–Crippen MR) is 49.5 cm³/mol. The van der Waals surface area contributed by atoms with Crippen LogP contribution in [-0.4, -0.2) is 22.9 Å². The Morgan fingerprint density at radius 3 is 2.85 bits per heavy atom. The molecule has 0 unspecified atom stereocenters. The zero-order valence-electron chi connectivity index (χ0n) is 7.60. The average Bonchev–Trinajstić information content (AvgIpc) is 2.15. The van der Waals surface area contributed by atoms with Gasteiger partial charge < -0.3 is 14.9 Å². The topological polar surface area (TPSA) is 49.7 Å². The fraction of sp³-hybridized carbons (Fsp3) is 0.400. The maximum Gasteiger partial charge on any atom is 0.119 e. The second-order valence-electron chi connectivity index (χ2n) is 2.97. The van der Waals surface area contributed by atoms with Crippen molar-refractivity contribution in [3.63, 3.8) is 0 Å². The summed E-state index contributed by atoms with van der Waals surface area (Å²) in [4.78, 5) is 0. The molecule has 0 heterocycles. The van der Waals surface area contributed by atoms with E-state index in [4.69, 9.17) is 14.9 Å². The zero-order valence-corrected chi connectivity index (χ0v) is 7.60. The molecule has 0 aliphatic carbocycles. The van der Waals surface area contributed by atoms with Gasteiger partial charge in [0.1, 0.15) is 12.4 Å². The standard InChI is InChI=1S/C10H14O3/c1-8(12)7-13-10-4-2-3-9(5-10)6-11/h2-5,8,11-12H,6-7H2,1H3/t8-/m0/s1. The molecule has 1 aromatic rings. The van der Waals surface area contributed by atoms with Gasteiger partial charge in [-0.3, -0.25) is 0 Å². The minimum atomic E-state index is -0.474. The Morgan fingerprint density at radius 1 is 1.46 bits per heavy atom. The molecule has 1 rings (SSSR count). The molecular formula is C10H14O3. The summed E-state index contributed by atoms with van der Waals surface area (Å²) in [6.45, 7) is 1.94. The molecule has 72 valence electrons. The second-order valence-corrected chi connectivity index (χ2v) is 2.97. The lowest BCUT2D eigenvalue weighted by molar-refractivity contribution is 0.122. The second kappa shape index (κ2) is 4.84. The van der Waals surface area contributed by atoms with Crippen molar-refractivity contribution in [1.82, 2.24) is 0 Å². The van der Waals surface area contributed by atoms with Crippen LogP contribution in [0.3, 0.4) is 0 Å². The van der Waals surface area contributed by atoms with Gasteiger partial charge in [-0.15, -0.1) is 0 Å². The molecule has 0 spiro atoms. The summed E-state index contributed by atoms with van der Waals surface area (Å²) in [6.07, 6.45) is -0.474. The van der Waals surface area contributed by atoms with Gasteiger partial charge in [0, 0.05) is 0 Å². The average molecular weight is 182 g/mol. The van der Waals surface area contributed by atoms with Gasteiger partial charge in [0.25, 0.3) is 0 Å². The van der Waals surface area contributed by atoms with Crippen molar-refractivity contribution in [2.75, 3.05) is 6.61 Å². The largest absolute Gasteiger partial charge is 0.491 e. The van der Waals surface area contributed by atoms with Gasteiger partial charge in [0.2, 0.25) is 0 Å². The number of aliphatic hydroxyl groups is 2. The van der Waals surface area contributed by atoms with E-state index in [9.17, 15) is 0 Å². The highest BCUT2D eigenvalue weighted by atomic mass is 16.5. The molecule has 0 radical (unpaired) electrons. The molecule has 13 heavy (non-hydrogen) atoms. The molecule has 0 fully saturated rings. The van der Waals surface area contributed by atoms with E-state index in [1.54, 1.807) is 19.1 Å². The molecule has 0 amide bonds. The van der Waals surface area contributed by atoms with E-state index in [2.05, 4.69) is 0 Å². The number of aliphatic hydroxyl groups excluding tert-OH is 2. The Hall–Kier alpha value is -1.06. The summed E-state index contributed by atoms with van der Waals surface area (Å²) in [6, 6.07) is 7.17. The molecule has 0 bridgehead atoms. The number of hydrogen-bond donors (Lipinski definition) is 2. The summed E-state index contributed by atoms with van der Waals surface area (Å²) in [7, 11) is 0. The predicted octanol–water partition coefficient (Wildman–Crippen LogP) is 0.938. The molecule has 2 N–H and O–H groups in total. The van der Waals surface area contributed by atoms with Crippen LogP contribution in [-0.2, 0) is 6.61 Å². The third kappa shape index (κ3) is 3.44. The molecule has 1 atom stereocenters. The number of hydrogen-bond acceptors (Lipinski definition) is 3. The summed E-state index contributed by atoms with van der Waals surface area (Å²) in [5.41, 5.74) is 0.808. The smallest absolute Gasteiger partial charge is 0.119 e. The molecule has 3 heteroatoms. The molecule has 3 nitrogen and oxygen atoms in total. The lowest BCUT2D eigenvalue weighted by Gasteiger charge is -2.08. The van der Waals surface area contributed by atoms with Crippen molar-refractivity contribution in [1.29, 1.82) is 0 Å². The highest BCUT2D eigenvalue weighted by Gasteiger charge is 1.98. The van der Waals surface area contributed by atoms with E-state index in [-0.39, 0.29) is 13.2 Å². The summed E-state index contributed by atoms with van der Waals surface area (Å²) < 4.78 is 5.25. The summed E-state index contributed by atoms with van der Waals surface area (Å²) >= 11 is 0. The Balaban J connectivity index is 2.56. The Labute approximate surface area is 77.6 Å². The summed E-state index contributed by atoms with van der Waals surface area (Å²) in [5.74, 6) is 0.674. The third-order valence-corrected chi connectivity index (χ3v) is 1.57. The minimum absolute atomic E-state index is 0.00583. The Morgan fingerprint density at radius 2 is 2.23 bits per heavy atom. The SMILES string of the molecule is C[C@H](O)COc1cccc(CO)c1. The fourth-order valence-electron chi connectivity index (χ4n) is 0.950. The highest BCUT2D eigenvalue weighted by molar-refractivity contribution is 5.27. The van der Waals surface area contributed by atoms with E-state index in [0.29, 0.717) is 5.75 Å². The number of ether oxygens (including phenoxy) is 1. The first-order chi connectivity index (χ1) is 6.22. The van der Waals surface area contributed by atoms with E-state index < -0.39 is 6.10 Å². The molecular weight excluding hydrogens is 168 g/mol. The van der Waals surface area contributed by atoms with E-state index in [0.717, 1.165) is 5.56 Å². The van der Waals surface area contributed by atoms with E-state index in [1.165, 1.54) is 0 Å². The monoisotopic (exact) mass is 182 g/mol. The highest BCUT2D eigenvalue weighted by Crippen LogP contribution is 2.13. The quantitative estimate of drug-likeness (QED) is 0.728. The van der Waals surface area contributed by atoms with Crippen LogP contribution in [0.25, 0.3) is 0 Å². The van der Waals surface area contributed by atoms with Crippen LogP contribution in [0.4, 0.5) is 0 Å². The van der Waals surface area contributed by atoms with Crippen LogP contribution in [0.2, 0.25) is 0 Å². The van der Waals surface area contributed by atoms with Crippen molar-refractivity contribution >= 4 is 0 Å². The molecule has 0 aromatic heterocycles. The first kappa shape index (κ1) is 10.0. The van der Waals surface area contributed by atoms with Gasteiger partial charge in [0.15, 0.2) is 0 Å². The Kier molecular flexibility index (Phi) is 3.73. The molecule has 0 aliphatic rings. The number of rotatable bonds is 4. The van der Waals surface area contributed by atoms with Crippen molar-refractivity contribution in [2.24, 2.45) is 0 Å². The fourth-order valence-corrected chi connectivity index (χ4v) is 0.950. The third-order valence-electron chi connectivity index (χ3n) is 1.57. The van der Waals surface area contributed by atoms with E-state index in [1.807, 2.05) is 12.1 Å². The Bertz CT molecular complexity index is 258. The molecule has 0 saturated heterocycles. The minimum Gasteiger partial charge on any atom is -0.491 e. The maximum absolute atomic E-state index is 8.97. The van der Waals surface area contributed by atoms with Crippen LogP contribution < -0.4 is 4.74 Å². The van der Waals surface area contributed by atoms with Crippen LogP contribution in [0, 0.1) is 0 Å². The van der Waals surface area contributed by atoms with Crippen molar-refractivity contribution in [2.45, 2.75) is 19.6 Å². The lowest BCUT2D eigenvalue weighted by Crippen LogP contribution is -2.12. The van der Waals surface area contributed by atoms with Crippen molar-refractivity contribution in [3.05, 3.63) is 29.8 Å². The van der Waals surface area contributed by atoms with Crippen molar-refractivity contribution in [3.8, 4) is 5.75 Å². The first-order valence-electron chi connectivity index (χ1n) is 4.23. The van der Waals surface area contributed by atoms with Gasteiger partial charge in [-0.05, 0) is 24.6 Å². The van der Waals surface area contributed by atoms with E-state index >= 15 is 0 Å². The van der Waals surface area contributed by atoms with Crippen molar-refractivity contribution < 1.29 is 14.9 Å². The molecule has 0 saturated carbocycles. The van der Waals surface area contributed by atoms with Crippen LogP contribution in [0.5, 0.6) is 5.75 Å². The molecule has 0 aliphatic heterocycles. The van der Waals surface area contributed by atoms with Crippen LogP contribution in [0.15, 0.2) is 24.3 Å². The van der Waals surface area contributed by atoms with Crippen LogP contribution >= 0.6 is 0 Å². The van der Waals surface area contributed by atoms with Gasteiger partial charge in [-0.25, -0.2) is 0 Å². The number of benzene rings is 1. The normalized spacial score (nSPS) is 12.5. The van der Waals surface area contributed by atoms with Gasteiger partial charge in [-0.2, -0.15) is 0 Å². The van der Waals surface area contributed by atoms with Gasteiger partial charge in [0.05, 0.1) is 12.7 Å². The summed E-state index contributed by atoms with van der Waals surface area (Å²) in [5, 5.41) is 17.8. The first-order valence-corrected chi connectivity index (χ1v) is 4.23. The lowest BCUT2D eigenvalue weighted by atomic mass is 10.2. The van der Waals surface area contributed by atoms with Crippen LogP contribution in [0.1, 0.15) is 12.5 Å². The molecule has 1 aromatic carbocycles.